The fraction of sp³-hybridized carbons (Fsp3) is 0.211. The van der Waals surface area contributed by atoms with E-state index in [4.69, 9.17) is 0 Å². The lowest BCUT2D eigenvalue weighted by Crippen LogP contribution is -2.17. The molecule has 0 saturated heterocycles. The van der Waals surface area contributed by atoms with E-state index in [1.54, 1.807) is 0 Å². The molecule has 0 aliphatic rings. The Balaban J connectivity index is 2.45. The predicted molar refractivity (Wildman–Crippen MR) is 91.6 cm³/mol. The van der Waals surface area contributed by atoms with Crippen LogP contribution in [-0.2, 0) is 0 Å². The van der Waals surface area contributed by atoms with Crippen LogP contribution in [0.4, 0.5) is 0 Å². The molecule has 21 heavy (non-hydrogen) atoms. The Bertz CT molecular complexity index is 613. The zero-order chi connectivity index (χ0) is 15.1. The van der Waals surface area contributed by atoms with E-state index in [-0.39, 0.29) is 0 Å². The standard InChI is InChI=1S/C19H22N2/c1-4-21(3)19(17-13-9-6-10-14-17)15-18(20-2)16-11-7-5-8-12-16/h5-15H,4H2,1-3H3/b19-15-,20-18?. The third-order valence-corrected chi connectivity index (χ3v) is 3.54. The number of rotatable bonds is 5. The molecule has 2 aromatic rings. The topological polar surface area (TPSA) is 15.6 Å². The zero-order valence-electron chi connectivity index (χ0n) is 13.0. The van der Waals surface area contributed by atoms with Gasteiger partial charge in [-0.15, -0.1) is 0 Å². The van der Waals surface area contributed by atoms with Gasteiger partial charge in [-0.25, -0.2) is 0 Å². The molecule has 2 rings (SSSR count). The predicted octanol–water partition coefficient (Wildman–Crippen LogP) is 4.10. The molecule has 0 heterocycles. The van der Waals surface area contributed by atoms with Gasteiger partial charge in [-0.05, 0) is 24.1 Å². The van der Waals surface area contributed by atoms with Gasteiger partial charge in [0.15, 0.2) is 0 Å². The molecule has 0 atom stereocenters. The highest BCUT2D eigenvalue weighted by atomic mass is 15.1. The van der Waals surface area contributed by atoms with Gasteiger partial charge in [-0.1, -0.05) is 60.7 Å². The summed E-state index contributed by atoms with van der Waals surface area (Å²) in [5.74, 6) is 0. The van der Waals surface area contributed by atoms with Gasteiger partial charge in [-0.2, -0.15) is 0 Å². The molecular formula is C19H22N2. The van der Waals surface area contributed by atoms with Gasteiger partial charge in [0.2, 0.25) is 0 Å². The molecule has 0 aliphatic carbocycles. The first kappa shape index (κ1) is 15.0. The van der Waals surface area contributed by atoms with Gasteiger partial charge < -0.3 is 4.90 Å². The van der Waals surface area contributed by atoms with Gasteiger partial charge in [0.25, 0.3) is 0 Å². The highest BCUT2D eigenvalue weighted by molar-refractivity contribution is 6.12. The molecule has 0 saturated carbocycles. The van der Waals surface area contributed by atoms with Crippen molar-refractivity contribution in [3.8, 4) is 0 Å². The molecule has 2 heteroatoms. The fourth-order valence-electron chi connectivity index (χ4n) is 2.21. The van der Waals surface area contributed by atoms with Gasteiger partial charge in [0.05, 0.1) is 5.71 Å². The van der Waals surface area contributed by atoms with Crippen molar-refractivity contribution in [2.45, 2.75) is 6.92 Å². The van der Waals surface area contributed by atoms with Crippen molar-refractivity contribution in [3.63, 3.8) is 0 Å². The second kappa shape index (κ2) is 7.44. The van der Waals surface area contributed by atoms with Crippen molar-refractivity contribution >= 4 is 11.4 Å². The van der Waals surface area contributed by atoms with Crippen LogP contribution in [0.3, 0.4) is 0 Å². The Kier molecular flexibility index (Phi) is 5.33. The van der Waals surface area contributed by atoms with Gasteiger partial charge in [0.1, 0.15) is 0 Å². The molecule has 0 fully saturated rings. The Labute approximate surface area is 127 Å². The normalized spacial score (nSPS) is 12.3. The SMILES string of the molecule is CCN(C)/C(=C\C(=NC)c1ccccc1)c1ccccc1. The van der Waals surface area contributed by atoms with Crippen LogP contribution in [0.15, 0.2) is 71.7 Å². The maximum Gasteiger partial charge on any atom is 0.0663 e. The maximum atomic E-state index is 4.45. The van der Waals surface area contributed by atoms with Crippen LogP contribution in [0.1, 0.15) is 18.1 Å². The van der Waals surface area contributed by atoms with Gasteiger partial charge >= 0.3 is 0 Å². The minimum Gasteiger partial charge on any atom is -0.374 e. The monoisotopic (exact) mass is 278 g/mol. The van der Waals surface area contributed by atoms with Crippen LogP contribution in [0.5, 0.6) is 0 Å². The van der Waals surface area contributed by atoms with Gasteiger partial charge in [0, 0.05) is 26.3 Å². The first-order chi connectivity index (χ1) is 10.3. The average molecular weight is 278 g/mol. The van der Waals surface area contributed by atoms with Crippen molar-refractivity contribution in [1.82, 2.24) is 4.90 Å². The van der Waals surface area contributed by atoms with Crippen molar-refractivity contribution in [1.29, 1.82) is 0 Å². The highest BCUT2D eigenvalue weighted by Crippen LogP contribution is 2.19. The summed E-state index contributed by atoms with van der Waals surface area (Å²) in [5, 5.41) is 0. The second-order valence-corrected chi connectivity index (χ2v) is 4.88. The van der Waals surface area contributed by atoms with Crippen LogP contribution in [0, 0.1) is 0 Å². The molecular weight excluding hydrogens is 256 g/mol. The lowest BCUT2D eigenvalue weighted by Gasteiger charge is -2.21. The number of nitrogens with zero attached hydrogens (tertiary/aromatic N) is 2. The summed E-state index contributed by atoms with van der Waals surface area (Å²) in [7, 11) is 3.95. The molecule has 0 bridgehead atoms. The molecule has 0 N–H and O–H groups in total. The summed E-state index contributed by atoms with van der Waals surface area (Å²) in [6.45, 7) is 3.11. The lowest BCUT2D eigenvalue weighted by atomic mass is 10.1. The largest absolute Gasteiger partial charge is 0.374 e. The van der Waals surface area contributed by atoms with E-state index in [0.717, 1.165) is 17.8 Å². The quantitative estimate of drug-likeness (QED) is 0.752. The second-order valence-electron chi connectivity index (χ2n) is 4.88. The maximum absolute atomic E-state index is 4.45. The van der Waals surface area contributed by atoms with E-state index in [1.165, 1.54) is 11.3 Å². The van der Waals surface area contributed by atoms with Crippen LogP contribution in [-0.4, -0.2) is 31.3 Å². The van der Waals surface area contributed by atoms with Gasteiger partial charge in [-0.3, -0.25) is 4.99 Å². The zero-order valence-corrected chi connectivity index (χ0v) is 13.0. The van der Waals surface area contributed by atoms with Crippen molar-refractivity contribution < 1.29 is 0 Å². The fourth-order valence-corrected chi connectivity index (χ4v) is 2.21. The molecule has 0 radical (unpaired) electrons. The van der Waals surface area contributed by atoms with Crippen molar-refractivity contribution in [2.75, 3.05) is 20.6 Å². The molecule has 2 nitrogen and oxygen atoms in total. The molecule has 0 amide bonds. The smallest absolute Gasteiger partial charge is 0.0663 e. The summed E-state index contributed by atoms with van der Waals surface area (Å²) in [6.07, 6.45) is 2.16. The molecule has 0 aromatic heterocycles. The number of allylic oxidation sites excluding steroid dienone is 1. The third-order valence-electron chi connectivity index (χ3n) is 3.54. The third kappa shape index (κ3) is 3.82. The Morgan fingerprint density at radius 2 is 1.48 bits per heavy atom. The van der Waals surface area contributed by atoms with Crippen LogP contribution in [0.25, 0.3) is 5.70 Å². The summed E-state index contributed by atoms with van der Waals surface area (Å²) in [4.78, 5) is 6.69. The summed E-state index contributed by atoms with van der Waals surface area (Å²) in [6, 6.07) is 20.7. The molecule has 2 aromatic carbocycles. The number of benzene rings is 2. The van der Waals surface area contributed by atoms with Crippen LogP contribution >= 0.6 is 0 Å². The van der Waals surface area contributed by atoms with Crippen molar-refractivity contribution in [2.24, 2.45) is 4.99 Å². The Morgan fingerprint density at radius 1 is 0.952 bits per heavy atom. The van der Waals surface area contributed by atoms with Crippen LogP contribution in [0.2, 0.25) is 0 Å². The highest BCUT2D eigenvalue weighted by Gasteiger charge is 2.08. The minimum absolute atomic E-state index is 0.951. The summed E-state index contributed by atoms with van der Waals surface area (Å²) in [5.41, 5.74) is 4.52. The summed E-state index contributed by atoms with van der Waals surface area (Å²) < 4.78 is 0. The average Bonchev–Trinajstić information content (AvgIpc) is 2.57. The first-order valence-electron chi connectivity index (χ1n) is 7.26. The lowest BCUT2D eigenvalue weighted by molar-refractivity contribution is 0.509. The Hall–Kier alpha value is -2.35. The Morgan fingerprint density at radius 3 is 1.95 bits per heavy atom. The molecule has 0 spiro atoms. The van der Waals surface area contributed by atoms with E-state index in [1.807, 2.05) is 31.3 Å². The van der Waals surface area contributed by atoms with E-state index < -0.39 is 0 Å². The van der Waals surface area contributed by atoms with Crippen LogP contribution < -0.4 is 0 Å². The van der Waals surface area contributed by atoms with E-state index in [2.05, 4.69) is 66.3 Å². The van der Waals surface area contributed by atoms with E-state index in [9.17, 15) is 0 Å². The molecule has 108 valence electrons. The molecule has 0 unspecified atom stereocenters. The molecule has 0 aliphatic heterocycles. The summed E-state index contributed by atoms with van der Waals surface area (Å²) >= 11 is 0. The number of hydrogen-bond donors (Lipinski definition) is 0. The van der Waals surface area contributed by atoms with E-state index >= 15 is 0 Å². The van der Waals surface area contributed by atoms with E-state index in [0.29, 0.717) is 0 Å². The van der Waals surface area contributed by atoms with Crippen molar-refractivity contribution in [3.05, 3.63) is 77.9 Å². The minimum atomic E-state index is 0.951. The number of hydrogen-bond acceptors (Lipinski definition) is 2. The number of aliphatic imine (C=N–C) groups is 1. The first-order valence-corrected chi connectivity index (χ1v) is 7.26.